The van der Waals surface area contributed by atoms with Crippen molar-refractivity contribution >= 4 is 53.1 Å². The Morgan fingerprint density at radius 1 is 1.17 bits per heavy atom. The fraction of sp³-hybridized carbons (Fsp3) is 0.600. The molecule has 2 fully saturated rings. The van der Waals surface area contributed by atoms with Crippen molar-refractivity contribution in [3.05, 3.63) is 29.3 Å². The smallest absolute Gasteiger partial charge is 0.242 e. The number of rotatable bonds is 5. The van der Waals surface area contributed by atoms with Crippen molar-refractivity contribution in [1.29, 1.82) is 0 Å². The van der Waals surface area contributed by atoms with Crippen LogP contribution in [-0.2, 0) is 9.53 Å². The number of guanidine groups is 1. The summed E-state index contributed by atoms with van der Waals surface area (Å²) < 4.78 is 5.25. The van der Waals surface area contributed by atoms with E-state index in [4.69, 9.17) is 16.3 Å². The summed E-state index contributed by atoms with van der Waals surface area (Å²) >= 11 is 5.96. The first kappa shape index (κ1) is 24.0. The van der Waals surface area contributed by atoms with E-state index in [-0.39, 0.29) is 36.4 Å². The van der Waals surface area contributed by atoms with E-state index in [0.29, 0.717) is 5.92 Å². The number of hydrogen-bond acceptors (Lipinski definition) is 4. The lowest BCUT2D eigenvalue weighted by molar-refractivity contribution is -0.130. The third-order valence-electron chi connectivity index (χ3n) is 5.42. The van der Waals surface area contributed by atoms with Crippen molar-refractivity contribution in [2.75, 3.05) is 71.5 Å². The van der Waals surface area contributed by atoms with Crippen LogP contribution in [0.25, 0.3) is 0 Å². The van der Waals surface area contributed by atoms with Gasteiger partial charge in [-0.15, -0.1) is 24.0 Å². The molecule has 1 amide bonds. The second-order valence-corrected chi connectivity index (χ2v) is 7.74. The van der Waals surface area contributed by atoms with E-state index in [1.165, 1.54) is 0 Å². The number of ether oxygens (including phenoxy) is 1. The third kappa shape index (κ3) is 6.62. The van der Waals surface area contributed by atoms with Crippen LogP contribution in [0.2, 0.25) is 5.02 Å². The molecule has 1 N–H and O–H groups in total. The molecule has 1 atom stereocenters. The molecule has 2 aliphatic rings. The number of hydrogen-bond donors (Lipinski definition) is 1. The zero-order chi connectivity index (χ0) is 19.9. The van der Waals surface area contributed by atoms with Crippen molar-refractivity contribution in [2.45, 2.75) is 6.42 Å². The maximum Gasteiger partial charge on any atom is 0.242 e. The molecule has 0 spiro atoms. The standard InChI is InChI=1S/C20H30ClN5O2.HI/c1-22-20(26-8-7-16(14-26)15-28-2)23-13-19(27)25-11-9-24(10-12-25)18-5-3-17(21)4-6-18;/h3-6,16H,7-15H2,1-2H3,(H,22,23);1H. The van der Waals surface area contributed by atoms with Gasteiger partial charge in [0.1, 0.15) is 0 Å². The summed E-state index contributed by atoms with van der Waals surface area (Å²) in [6.45, 7) is 6.01. The van der Waals surface area contributed by atoms with Gasteiger partial charge in [0.25, 0.3) is 0 Å². The van der Waals surface area contributed by atoms with E-state index in [9.17, 15) is 4.79 Å². The van der Waals surface area contributed by atoms with E-state index in [1.54, 1.807) is 14.2 Å². The summed E-state index contributed by atoms with van der Waals surface area (Å²) in [6.07, 6.45) is 1.09. The zero-order valence-corrected chi connectivity index (χ0v) is 20.2. The molecule has 2 aliphatic heterocycles. The number of anilines is 1. The van der Waals surface area contributed by atoms with Gasteiger partial charge in [-0.1, -0.05) is 11.6 Å². The quantitative estimate of drug-likeness (QED) is 0.356. The van der Waals surface area contributed by atoms with Gasteiger partial charge in [0.05, 0.1) is 13.2 Å². The Bertz CT molecular complexity index is 680. The molecule has 2 saturated heterocycles. The molecule has 162 valence electrons. The van der Waals surface area contributed by atoms with Gasteiger partial charge in [0.2, 0.25) is 5.91 Å². The van der Waals surface area contributed by atoms with Gasteiger partial charge in [0.15, 0.2) is 5.96 Å². The highest BCUT2D eigenvalue weighted by Crippen LogP contribution is 2.19. The van der Waals surface area contributed by atoms with Crippen LogP contribution in [0.15, 0.2) is 29.3 Å². The molecule has 9 heteroatoms. The van der Waals surface area contributed by atoms with Gasteiger partial charge in [-0.3, -0.25) is 9.79 Å². The molecule has 29 heavy (non-hydrogen) atoms. The van der Waals surface area contributed by atoms with Gasteiger partial charge >= 0.3 is 0 Å². The average molecular weight is 536 g/mol. The van der Waals surface area contributed by atoms with Crippen LogP contribution in [0.5, 0.6) is 0 Å². The highest BCUT2D eigenvalue weighted by molar-refractivity contribution is 14.0. The summed E-state index contributed by atoms with van der Waals surface area (Å²) in [6, 6.07) is 7.86. The van der Waals surface area contributed by atoms with E-state index in [0.717, 1.165) is 69.0 Å². The number of amides is 1. The number of piperazine rings is 1. The van der Waals surface area contributed by atoms with Crippen LogP contribution in [0, 0.1) is 5.92 Å². The van der Waals surface area contributed by atoms with Crippen LogP contribution in [0.3, 0.4) is 0 Å². The van der Waals surface area contributed by atoms with E-state index >= 15 is 0 Å². The third-order valence-corrected chi connectivity index (χ3v) is 5.67. The summed E-state index contributed by atoms with van der Waals surface area (Å²) in [4.78, 5) is 23.4. The molecule has 7 nitrogen and oxygen atoms in total. The van der Waals surface area contributed by atoms with Crippen LogP contribution >= 0.6 is 35.6 Å². The number of likely N-dealkylation sites (tertiary alicyclic amines) is 1. The molecule has 0 aromatic heterocycles. The molecular formula is C20H31ClIN5O2. The van der Waals surface area contributed by atoms with Crippen molar-refractivity contribution in [2.24, 2.45) is 10.9 Å². The van der Waals surface area contributed by atoms with Crippen LogP contribution in [0.1, 0.15) is 6.42 Å². The van der Waals surface area contributed by atoms with Gasteiger partial charge in [-0.05, 0) is 30.7 Å². The SMILES string of the molecule is CN=C(NCC(=O)N1CCN(c2ccc(Cl)cc2)CC1)N1CCC(COC)C1.I. The number of halogens is 2. The minimum Gasteiger partial charge on any atom is -0.384 e. The lowest BCUT2D eigenvalue weighted by atomic mass is 10.1. The zero-order valence-electron chi connectivity index (χ0n) is 17.1. The maximum absolute atomic E-state index is 12.6. The number of carbonyl (C=O) groups excluding carboxylic acids is 1. The van der Waals surface area contributed by atoms with Crippen molar-refractivity contribution in [1.82, 2.24) is 15.1 Å². The van der Waals surface area contributed by atoms with Crippen LogP contribution in [-0.4, -0.2) is 88.2 Å². The first-order valence-electron chi connectivity index (χ1n) is 9.83. The van der Waals surface area contributed by atoms with Crippen LogP contribution in [0.4, 0.5) is 5.69 Å². The van der Waals surface area contributed by atoms with Gasteiger partial charge in [0, 0.05) is 70.1 Å². The lowest BCUT2D eigenvalue weighted by Gasteiger charge is -2.36. The summed E-state index contributed by atoms with van der Waals surface area (Å²) in [5.74, 6) is 1.44. The Labute approximate surface area is 195 Å². The minimum atomic E-state index is 0. The first-order valence-corrected chi connectivity index (χ1v) is 10.2. The second kappa shape index (κ2) is 11.8. The molecule has 1 aromatic rings. The fourth-order valence-electron chi connectivity index (χ4n) is 3.86. The molecule has 1 aromatic carbocycles. The Hall–Kier alpha value is -1.26. The fourth-order valence-corrected chi connectivity index (χ4v) is 3.99. The highest BCUT2D eigenvalue weighted by Gasteiger charge is 2.26. The van der Waals surface area contributed by atoms with E-state index < -0.39 is 0 Å². The maximum atomic E-state index is 12.6. The van der Waals surface area contributed by atoms with Gasteiger partial charge in [-0.25, -0.2) is 0 Å². The number of benzene rings is 1. The Balaban J connectivity index is 0.00000300. The van der Waals surface area contributed by atoms with E-state index in [2.05, 4.69) is 20.1 Å². The summed E-state index contributed by atoms with van der Waals surface area (Å²) in [5, 5.41) is 3.98. The van der Waals surface area contributed by atoms with Gasteiger partial charge in [-0.2, -0.15) is 0 Å². The molecular weight excluding hydrogens is 505 g/mol. The normalized spacial score (nSPS) is 19.9. The van der Waals surface area contributed by atoms with Crippen molar-refractivity contribution in [3.8, 4) is 0 Å². The average Bonchev–Trinajstić information content (AvgIpc) is 3.18. The summed E-state index contributed by atoms with van der Waals surface area (Å²) in [5.41, 5.74) is 1.15. The molecule has 1 unspecified atom stereocenters. The molecule has 0 radical (unpaired) electrons. The molecule has 0 aliphatic carbocycles. The van der Waals surface area contributed by atoms with Crippen LogP contribution < -0.4 is 10.2 Å². The van der Waals surface area contributed by atoms with Gasteiger partial charge < -0.3 is 24.8 Å². The van der Waals surface area contributed by atoms with Crippen molar-refractivity contribution in [3.63, 3.8) is 0 Å². The number of aliphatic imine (C=N–C) groups is 1. The Morgan fingerprint density at radius 2 is 1.86 bits per heavy atom. The predicted octanol–water partition coefficient (Wildman–Crippen LogP) is 2.15. The molecule has 3 rings (SSSR count). The number of nitrogens with zero attached hydrogens (tertiary/aromatic N) is 4. The number of methoxy groups -OCH3 is 1. The van der Waals surface area contributed by atoms with E-state index in [1.807, 2.05) is 29.2 Å². The largest absolute Gasteiger partial charge is 0.384 e. The Morgan fingerprint density at radius 3 is 2.48 bits per heavy atom. The van der Waals surface area contributed by atoms with Crippen molar-refractivity contribution < 1.29 is 9.53 Å². The molecule has 0 saturated carbocycles. The molecule has 0 bridgehead atoms. The topological polar surface area (TPSA) is 60.4 Å². The number of nitrogens with one attached hydrogen (secondary N) is 1. The lowest BCUT2D eigenvalue weighted by Crippen LogP contribution is -2.52. The first-order chi connectivity index (χ1) is 13.6. The predicted molar refractivity (Wildman–Crippen MR) is 129 cm³/mol. The monoisotopic (exact) mass is 535 g/mol. The second-order valence-electron chi connectivity index (χ2n) is 7.30. The minimum absolute atomic E-state index is 0. The Kier molecular flexibility index (Phi) is 9.78. The molecule has 2 heterocycles. The highest BCUT2D eigenvalue weighted by atomic mass is 127. The number of carbonyl (C=O) groups is 1. The summed E-state index contributed by atoms with van der Waals surface area (Å²) in [7, 11) is 3.50.